The first-order valence-electron chi connectivity index (χ1n) is 17.2. The summed E-state index contributed by atoms with van der Waals surface area (Å²) in [5.74, 6) is -1.77. The van der Waals surface area contributed by atoms with Crippen molar-refractivity contribution in [3.8, 4) is 0 Å². The standard InChI is InChI=1S/C35H47N5O8S/c1-26(2)19-20-30(41)39(29(17-11-14-27-12-5-3-6-13-27)32(42)37-48-31-18-9-10-25-47-31)40-33(43)35(36-34(40)44)21-23-38(24-22-35)49(45,46)28-15-7-4-8-16-28/h3-8,12-13,15-16,26,29,31H,9-11,14,17-25H2,1-2H3,(H,36,44)(H,37,42)/t29-,31+/m0/s1. The van der Waals surface area contributed by atoms with Crippen molar-refractivity contribution in [3.63, 3.8) is 0 Å². The van der Waals surface area contributed by atoms with Crippen molar-refractivity contribution in [1.29, 1.82) is 0 Å². The quantitative estimate of drug-likeness (QED) is 0.223. The normalized spacial score (nSPS) is 20.3. The number of hydrogen-bond donors (Lipinski definition) is 2. The lowest BCUT2D eigenvalue weighted by Gasteiger charge is -2.38. The van der Waals surface area contributed by atoms with E-state index in [2.05, 4.69) is 10.8 Å². The molecule has 3 saturated heterocycles. The average Bonchev–Trinajstić information content (AvgIpc) is 3.34. The molecular weight excluding hydrogens is 650 g/mol. The summed E-state index contributed by atoms with van der Waals surface area (Å²) in [5, 5.41) is 4.56. The number of hydroxylamine groups is 1. The highest BCUT2D eigenvalue weighted by molar-refractivity contribution is 7.89. The summed E-state index contributed by atoms with van der Waals surface area (Å²) in [6.07, 6.45) is 3.37. The average molecular weight is 698 g/mol. The van der Waals surface area contributed by atoms with Gasteiger partial charge in [-0.25, -0.2) is 28.5 Å². The summed E-state index contributed by atoms with van der Waals surface area (Å²) in [6, 6.07) is 15.6. The Kier molecular flexibility index (Phi) is 12.1. The van der Waals surface area contributed by atoms with E-state index in [0.717, 1.165) is 28.4 Å². The number of hydrogen-bond acceptors (Lipinski definition) is 8. The van der Waals surface area contributed by atoms with Crippen molar-refractivity contribution in [1.82, 2.24) is 25.1 Å². The molecule has 0 bridgehead atoms. The van der Waals surface area contributed by atoms with E-state index >= 15 is 0 Å². The number of nitrogens with zero attached hydrogens (tertiary/aromatic N) is 3. The third-order valence-corrected chi connectivity index (χ3v) is 11.2. The molecule has 2 aromatic rings. The molecule has 2 N–H and O–H groups in total. The molecule has 14 heteroatoms. The highest BCUT2D eigenvalue weighted by atomic mass is 32.2. The zero-order chi connectivity index (χ0) is 35.0. The Labute approximate surface area is 288 Å². The van der Waals surface area contributed by atoms with E-state index in [0.29, 0.717) is 32.3 Å². The fourth-order valence-electron chi connectivity index (χ4n) is 6.45. The number of sulfonamides is 1. The number of rotatable bonds is 14. The third kappa shape index (κ3) is 8.66. The van der Waals surface area contributed by atoms with Crippen molar-refractivity contribution >= 4 is 33.8 Å². The van der Waals surface area contributed by atoms with Gasteiger partial charge in [-0.3, -0.25) is 14.4 Å². The Hall–Kier alpha value is -3.85. The predicted octanol–water partition coefficient (Wildman–Crippen LogP) is 3.91. The number of nitrogens with one attached hydrogen (secondary N) is 2. The molecular formula is C35H47N5O8S. The van der Waals surface area contributed by atoms with E-state index in [1.807, 2.05) is 44.2 Å². The van der Waals surface area contributed by atoms with Crippen LogP contribution < -0.4 is 10.8 Å². The van der Waals surface area contributed by atoms with E-state index < -0.39 is 51.6 Å². The Morgan fingerprint density at radius 2 is 1.69 bits per heavy atom. The van der Waals surface area contributed by atoms with Gasteiger partial charge in [0.1, 0.15) is 11.6 Å². The second kappa shape index (κ2) is 16.2. The lowest BCUT2D eigenvalue weighted by atomic mass is 9.88. The van der Waals surface area contributed by atoms with Crippen LogP contribution in [0.4, 0.5) is 4.79 Å². The van der Waals surface area contributed by atoms with Crippen LogP contribution in [0, 0.1) is 5.92 Å². The highest BCUT2D eigenvalue weighted by Crippen LogP contribution is 2.34. The molecule has 5 amide bonds. The molecule has 0 radical (unpaired) electrons. The molecule has 0 aliphatic carbocycles. The molecule has 49 heavy (non-hydrogen) atoms. The van der Waals surface area contributed by atoms with Crippen LogP contribution in [-0.4, -0.2) is 84.1 Å². The Balaban J connectivity index is 1.39. The SMILES string of the molecule is CC(C)CCC(=O)N([C@@H](CCCc1ccccc1)C(=O)NO[C@@H]1CCCCO1)N1C(=O)NC2(CCN(S(=O)(=O)c3ccccc3)CC2)C1=O. The molecule has 5 rings (SSSR count). The van der Waals surface area contributed by atoms with Crippen molar-refractivity contribution in [2.75, 3.05) is 19.7 Å². The van der Waals surface area contributed by atoms with Crippen LogP contribution in [0.2, 0.25) is 0 Å². The molecule has 0 aromatic heterocycles. The Bertz CT molecular complexity index is 1560. The molecule has 1 spiro atoms. The highest BCUT2D eigenvalue weighted by Gasteiger charge is 2.57. The number of carbonyl (C=O) groups is 4. The van der Waals surface area contributed by atoms with Crippen molar-refractivity contribution in [3.05, 3.63) is 66.2 Å². The number of amides is 5. The van der Waals surface area contributed by atoms with Crippen LogP contribution in [0.3, 0.4) is 0 Å². The first kappa shape index (κ1) is 36.4. The van der Waals surface area contributed by atoms with Gasteiger partial charge in [0.15, 0.2) is 6.29 Å². The van der Waals surface area contributed by atoms with Crippen molar-refractivity contribution in [2.45, 2.75) is 101 Å². The van der Waals surface area contributed by atoms with Crippen LogP contribution in [0.1, 0.15) is 77.2 Å². The minimum atomic E-state index is -3.82. The smallest absolute Gasteiger partial charge is 0.344 e. The van der Waals surface area contributed by atoms with Crippen LogP contribution in [0.15, 0.2) is 65.6 Å². The van der Waals surface area contributed by atoms with Crippen LogP contribution in [0.25, 0.3) is 0 Å². The summed E-state index contributed by atoms with van der Waals surface area (Å²) >= 11 is 0. The van der Waals surface area contributed by atoms with E-state index in [4.69, 9.17) is 9.57 Å². The number of urea groups is 1. The van der Waals surface area contributed by atoms with Gasteiger partial charge in [0.05, 0.1) is 4.90 Å². The van der Waals surface area contributed by atoms with E-state index in [1.165, 1.54) is 16.4 Å². The van der Waals surface area contributed by atoms with Gasteiger partial charge in [-0.1, -0.05) is 62.4 Å². The molecule has 0 saturated carbocycles. The molecule has 266 valence electrons. The van der Waals surface area contributed by atoms with Crippen molar-refractivity contribution in [2.24, 2.45) is 5.92 Å². The number of piperidine rings is 1. The topological polar surface area (TPSA) is 155 Å². The van der Waals surface area contributed by atoms with Gasteiger partial charge in [0, 0.05) is 32.5 Å². The van der Waals surface area contributed by atoms with E-state index in [1.54, 1.807) is 18.2 Å². The molecule has 13 nitrogen and oxygen atoms in total. The summed E-state index contributed by atoms with van der Waals surface area (Å²) in [6.45, 7) is 4.37. The monoisotopic (exact) mass is 697 g/mol. The number of imide groups is 1. The number of benzene rings is 2. The largest absolute Gasteiger partial charge is 0.350 e. The molecule has 3 fully saturated rings. The van der Waals surface area contributed by atoms with Crippen LogP contribution in [-0.2, 0) is 40.4 Å². The number of carbonyl (C=O) groups excluding carboxylic acids is 4. The summed E-state index contributed by atoms with van der Waals surface area (Å²) in [5.41, 5.74) is 2.07. The van der Waals surface area contributed by atoms with Crippen LogP contribution in [0.5, 0.6) is 0 Å². The molecule has 3 heterocycles. The molecule has 2 atom stereocenters. The third-order valence-electron chi connectivity index (χ3n) is 9.32. The maximum atomic E-state index is 14.3. The van der Waals surface area contributed by atoms with Gasteiger partial charge in [-0.2, -0.15) is 9.31 Å². The zero-order valence-electron chi connectivity index (χ0n) is 28.2. The minimum Gasteiger partial charge on any atom is -0.350 e. The number of hydrazine groups is 1. The fourth-order valence-corrected chi connectivity index (χ4v) is 7.91. The lowest BCUT2D eigenvalue weighted by molar-refractivity contribution is -0.205. The Morgan fingerprint density at radius 3 is 2.33 bits per heavy atom. The first-order chi connectivity index (χ1) is 23.5. The minimum absolute atomic E-state index is 0.000117. The van der Waals surface area contributed by atoms with Gasteiger partial charge < -0.3 is 10.1 Å². The number of ether oxygens (including phenoxy) is 1. The van der Waals surface area contributed by atoms with E-state index in [9.17, 15) is 27.6 Å². The molecule has 3 aliphatic heterocycles. The van der Waals surface area contributed by atoms with Crippen LogP contribution >= 0.6 is 0 Å². The summed E-state index contributed by atoms with van der Waals surface area (Å²) < 4.78 is 33.5. The zero-order valence-corrected chi connectivity index (χ0v) is 29.0. The summed E-state index contributed by atoms with van der Waals surface area (Å²) in [7, 11) is -3.82. The second-order valence-corrected chi connectivity index (χ2v) is 15.2. The van der Waals surface area contributed by atoms with Gasteiger partial charge in [0.25, 0.3) is 11.8 Å². The summed E-state index contributed by atoms with van der Waals surface area (Å²) in [4.78, 5) is 61.8. The maximum absolute atomic E-state index is 14.3. The molecule has 2 aromatic carbocycles. The van der Waals surface area contributed by atoms with E-state index in [-0.39, 0.29) is 49.6 Å². The van der Waals surface area contributed by atoms with Gasteiger partial charge in [-0.05, 0) is 75.0 Å². The predicted molar refractivity (Wildman–Crippen MR) is 179 cm³/mol. The molecule has 0 unspecified atom stereocenters. The number of aryl methyl sites for hydroxylation is 1. The first-order valence-corrected chi connectivity index (χ1v) is 18.6. The lowest BCUT2D eigenvalue weighted by Crippen LogP contribution is -2.61. The fraction of sp³-hybridized carbons (Fsp3) is 0.543. The van der Waals surface area contributed by atoms with Crippen molar-refractivity contribution < 1.29 is 37.2 Å². The Morgan fingerprint density at radius 1 is 1.02 bits per heavy atom. The second-order valence-electron chi connectivity index (χ2n) is 13.3. The maximum Gasteiger partial charge on any atom is 0.344 e. The van der Waals surface area contributed by atoms with Gasteiger partial charge in [0.2, 0.25) is 15.9 Å². The molecule has 3 aliphatic rings. The van der Waals surface area contributed by atoms with Gasteiger partial charge in [-0.15, -0.1) is 0 Å². The van der Waals surface area contributed by atoms with Gasteiger partial charge >= 0.3 is 6.03 Å².